The number of alkyl carbamates (subject to hydrolysis) is 1. The van der Waals surface area contributed by atoms with Crippen molar-refractivity contribution in [1.29, 1.82) is 0 Å². The predicted molar refractivity (Wildman–Crippen MR) is 66.3 cm³/mol. The molecular formula is C12H19N3O4. The van der Waals surface area contributed by atoms with E-state index in [-0.39, 0.29) is 23.9 Å². The number of amides is 3. The molecule has 0 bridgehead atoms. The van der Waals surface area contributed by atoms with Crippen LogP contribution < -0.4 is 10.6 Å². The zero-order valence-corrected chi connectivity index (χ0v) is 11.0. The van der Waals surface area contributed by atoms with Gasteiger partial charge in [0.05, 0.1) is 7.11 Å². The van der Waals surface area contributed by atoms with Gasteiger partial charge in [-0.2, -0.15) is 0 Å². The Balaban J connectivity index is 1.78. The molecule has 2 N–H and O–H groups in total. The second-order valence-electron chi connectivity index (χ2n) is 4.89. The third-order valence-electron chi connectivity index (χ3n) is 3.61. The number of rotatable bonds is 2. The smallest absolute Gasteiger partial charge is 0.407 e. The van der Waals surface area contributed by atoms with Crippen molar-refractivity contribution in [2.45, 2.75) is 37.8 Å². The lowest BCUT2D eigenvalue weighted by Crippen LogP contribution is -2.51. The number of likely N-dealkylation sites (tertiary alicyclic amines) is 1. The fourth-order valence-corrected chi connectivity index (χ4v) is 2.49. The monoisotopic (exact) mass is 269 g/mol. The molecule has 1 unspecified atom stereocenters. The summed E-state index contributed by atoms with van der Waals surface area (Å²) < 4.78 is 4.54. The van der Waals surface area contributed by atoms with E-state index in [4.69, 9.17) is 0 Å². The van der Waals surface area contributed by atoms with E-state index < -0.39 is 6.09 Å². The quantitative estimate of drug-likeness (QED) is 0.715. The average Bonchev–Trinajstić information content (AvgIpc) is 2.85. The number of carbonyl (C=O) groups excluding carboxylic acids is 3. The van der Waals surface area contributed by atoms with E-state index in [2.05, 4.69) is 15.4 Å². The highest BCUT2D eigenvalue weighted by Gasteiger charge is 2.32. The van der Waals surface area contributed by atoms with Gasteiger partial charge in [0.25, 0.3) is 0 Å². The summed E-state index contributed by atoms with van der Waals surface area (Å²) in [5.41, 5.74) is 0. The second-order valence-corrected chi connectivity index (χ2v) is 4.89. The van der Waals surface area contributed by atoms with Gasteiger partial charge in [-0.3, -0.25) is 9.59 Å². The van der Waals surface area contributed by atoms with E-state index in [0.29, 0.717) is 38.8 Å². The van der Waals surface area contributed by atoms with E-state index in [1.54, 1.807) is 4.90 Å². The van der Waals surface area contributed by atoms with Crippen molar-refractivity contribution >= 4 is 17.9 Å². The van der Waals surface area contributed by atoms with Crippen LogP contribution in [0.1, 0.15) is 25.7 Å². The molecule has 0 spiro atoms. The number of carbonyl (C=O) groups is 3. The Kier molecular flexibility index (Phi) is 4.24. The Bertz CT molecular complexity index is 377. The van der Waals surface area contributed by atoms with Crippen LogP contribution in [0.2, 0.25) is 0 Å². The molecule has 0 aliphatic carbocycles. The first kappa shape index (κ1) is 13.6. The molecule has 7 nitrogen and oxygen atoms in total. The molecule has 1 atom stereocenters. The number of ether oxygens (including phenoxy) is 1. The molecule has 0 aromatic rings. The molecule has 2 fully saturated rings. The number of hydrogen-bond acceptors (Lipinski definition) is 4. The van der Waals surface area contributed by atoms with Gasteiger partial charge in [-0.1, -0.05) is 0 Å². The Labute approximate surface area is 111 Å². The first-order valence-corrected chi connectivity index (χ1v) is 6.53. The van der Waals surface area contributed by atoms with Crippen LogP contribution in [-0.2, 0) is 14.3 Å². The average molecular weight is 269 g/mol. The molecule has 2 rings (SSSR count). The maximum absolute atomic E-state index is 12.1. The molecule has 19 heavy (non-hydrogen) atoms. The van der Waals surface area contributed by atoms with Crippen LogP contribution in [0.4, 0.5) is 4.79 Å². The molecule has 3 amide bonds. The maximum Gasteiger partial charge on any atom is 0.407 e. The summed E-state index contributed by atoms with van der Waals surface area (Å²) >= 11 is 0. The van der Waals surface area contributed by atoms with Crippen LogP contribution in [0, 0.1) is 0 Å². The summed E-state index contributed by atoms with van der Waals surface area (Å²) in [6.07, 6.45) is 1.99. The van der Waals surface area contributed by atoms with Gasteiger partial charge in [0.15, 0.2) is 0 Å². The lowest BCUT2D eigenvalue weighted by atomic mass is 10.0. The molecule has 0 aromatic heterocycles. The molecule has 7 heteroatoms. The van der Waals surface area contributed by atoms with Gasteiger partial charge in [0.2, 0.25) is 11.8 Å². The summed E-state index contributed by atoms with van der Waals surface area (Å²) in [6, 6.07) is -0.313. The van der Waals surface area contributed by atoms with Gasteiger partial charge in [0.1, 0.15) is 6.04 Å². The number of methoxy groups -OCH3 is 1. The minimum Gasteiger partial charge on any atom is -0.453 e. The molecule has 2 saturated heterocycles. The van der Waals surface area contributed by atoms with Crippen molar-refractivity contribution in [1.82, 2.24) is 15.5 Å². The van der Waals surface area contributed by atoms with Gasteiger partial charge in [0, 0.05) is 25.6 Å². The largest absolute Gasteiger partial charge is 0.453 e. The van der Waals surface area contributed by atoms with Gasteiger partial charge in [-0.05, 0) is 19.3 Å². The third kappa shape index (κ3) is 3.36. The molecule has 2 aliphatic rings. The highest BCUT2D eigenvalue weighted by Crippen LogP contribution is 2.15. The first-order valence-electron chi connectivity index (χ1n) is 6.53. The normalized spacial score (nSPS) is 23.9. The molecule has 106 valence electrons. The van der Waals surface area contributed by atoms with E-state index in [1.807, 2.05) is 0 Å². The molecule has 0 saturated carbocycles. The van der Waals surface area contributed by atoms with E-state index in [0.717, 1.165) is 0 Å². The molecular weight excluding hydrogens is 250 g/mol. The summed E-state index contributed by atoms with van der Waals surface area (Å²) in [6.45, 7) is 1.19. The van der Waals surface area contributed by atoms with Crippen molar-refractivity contribution in [3.63, 3.8) is 0 Å². The zero-order valence-electron chi connectivity index (χ0n) is 11.0. The van der Waals surface area contributed by atoms with Crippen LogP contribution in [0.5, 0.6) is 0 Å². The van der Waals surface area contributed by atoms with Crippen molar-refractivity contribution in [3.8, 4) is 0 Å². The molecule has 2 heterocycles. The number of hydrogen-bond donors (Lipinski definition) is 2. The highest BCUT2D eigenvalue weighted by molar-refractivity contribution is 5.90. The molecule has 0 aromatic carbocycles. The summed E-state index contributed by atoms with van der Waals surface area (Å²) in [5, 5.41) is 5.42. The zero-order chi connectivity index (χ0) is 13.8. The minimum atomic E-state index is -0.437. The minimum absolute atomic E-state index is 0.0117. The lowest BCUT2D eigenvalue weighted by Gasteiger charge is -2.33. The summed E-state index contributed by atoms with van der Waals surface area (Å²) in [5.74, 6) is -0.0667. The van der Waals surface area contributed by atoms with E-state index in [1.165, 1.54) is 7.11 Å². The Morgan fingerprint density at radius 1 is 1.32 bits per heavy atom. The number of nitrogens with one attached hydrogen (secondary N) is 2. The topological polar surface area (TPSA) is 87.7 Å². The van der Waals surface area contributed by atoms with Crippen LogP contribution >= 0.6 is 0 Å². The van der Waals surface area contributed by atoms with E-state index in [9.17, 15) is 14.4 Å². The highest BCUT2D eigenvalue weighted by atomic mass is 16.5. The Morgan fingerprint density at radius 3 is 2.53 bits per heavy atom. The van der Waals surface area contributed by atoms with Crippen molar-refractivity contribution in [2.24, 2.45) is 0 Å². The van der Waals surface area contributed by atoms with Gasteiger partial charge >= 0.3 is 6.09 Å². The lowest BCUT2D eigenvalue weighted by molar-refractivity contribution is -0.135. The van der Waals surface area contributed by atoms with Gasteiger partial charge in [-0.25, -0.2) is 4.79 Å². The standard InChI is InChI=1S/C12H19N3O4/c1-19-12(18)13-8-4-6-15(7-5-8)11(17)9-2-3-10(16)14-9/h8-9H,2-7H2,1H3,(H,13,18)(H,14,16). The summed E-state index contributed by atoms with van der Waals surface area (Å²) in [7, 11) is 1.33. The first-order chi connectivity index (χ1) is 9.10. The Morgan fingerprint density at radius 2 is 2.00 bits per heavy atom. The fourth-order valence-electron chi connectivity index (χ4n) is 2.49. The van der Waals surface area contributed by atoms with Crippen LogP contribution in [-0.4, -0.2) is 55.1 Å². The number of piperidine rings is 1. The molecule has 2 aliphatic heterocycles. The fraction of sp³-hybridized carbons (Fsp3) is 0.750. The number of nitrogens with zero attached hydrogens (tertiary/aromatic N) is 1. The predicted octanol–water partition coefficient (Wildman–Crippen LogP) is -0.388. The van der Waals surface area contributed by atoms with Crippen LogP contribution in [0.15, 0.2) is 0 Å². The van der Waals surface area contributed by atoms with E-state index >= 15 is 0 Å². The van der Waals surface area contributed by atoms with Crippen molar-refractivity contribution in [2.75, 3.05) is 20.2 Å². The Hall–Kier alpha value is -1.79. The third-order valence-corrected chi connectivity index (χ3v) is 3.61. The second kappa shape index (κ2) is 5.90. The van der Waals surface area contributed by atoms with Crippen molar-refractivity contribution < 1.29 is 19.1 Å². The van der Waals surface area contributed by atoms with Gasteiger partial charge < -0.3 is 20.3 Å². The van der Waals surface area contributed by atoms with Crippen molar-refractivity contribution in [3.05, 3.63) is 0 Å². The van der Waals surface area contributed by atoms with Crippen LogP contribution in [0.25, 0.3) is 0 Å². The summed E-state index contributed by atoms with van der Waals surface area (Å²) in [4.78, 5) is 36.1. The van der Waals surface area contributed by atoms with Gasteiger partial charge in [-0.15, -0.1) is 0 Å². The SMILES string of the molecule is COC(=O)NC1CCN(C(=O)C2CCC(=O)N2)CC1. The maximum atomic E-state index is 12.1. The van der Waals surface area contributed by atoms with Crippen LogP contribution in [0.3, 0.4) is 0 Å². The molecule has 0 radical (unpaired) electrons.